The SMILES string of the molecule is Cc1cccc(-c2nc(-c3cnc(N)c(O)c3)c(-c3ccncc3)[nH]2)c1. The van der Waals surface area contributed by atoms with Crippen LogP contribution in [0.25, 0.3) is 33.9 Å². The number of aromatic nitrogens is 4. The second-order valence-electron chi connectivity index (χ2n) is 6.04. The minimum absolute atomic E-state index is 0.0664. The quantitative estimate of drug-likeness (QED) is 0.525. The van der Waals surface area contributed by atoms with Crippen molar-refractivity contribution in [3.63, 3.8) is 0 Å². The molecule has 6 nitrogen and oxygen atoms in total. The summed E-state index contributed by atoms with van der Waals surface area (Å²) in [6.45, 7) is 2.04. The van der Waals surface area contributed by atoms with Gasteiger partial charge in [0.15, 0.2) is 11.6 Å². The van der Waals surface area contributed by atoms with Gasteiger partial charge in [0.05, 0.1) is 11.4 Å². The molecule has 4 N–H and O–H groups in total. The maximum absolute atomic E-state index is 9.95. The summed E-state index contributed by atoms with van der Waals surface area (Å²) in [7, 11) is 0. The number of nitrogens with two attached hydrogens (primary N) is 1. The zero-order valence-corrected chi connectivity index (χ0v) is 14.1. The molecule has 0 atom stereocenters. The Morgan fingerprint density at radius 1 is 1.00 bits per heavy atom. The maximum atomic E-state index is 9.95. The zero-order chi connectivity index (χ0) is 18.1. The average molecular weight is 343 g/mol. The summed E-state index contributed by atoms with van der Waals surface area (Å²) in [4.78, 5) is 16.3. The number of aryl methyl sites for hydroxylation is 1. The third-order valence-electron chi connectivity index (χ3n) is 4.14. The van der Waals surface area contributed by atoms with Crippen molar-refractivity contribution in [2.45, 2.75) is 6.92 Å². The molecule has 0 aliphatic rings. The van der Waals surface area contributed by atoms with E-state index in [4.69, 9.17) is 10.7 Å². The number of nitrogen functional groups attached to an aromatic ring is 1. The average Bonchev–Trinajstić information content (AvgIpc) is 3.10. The molecule has 0 saturated carbocycles. The number of imidazole rings is 1. The molecule has 0 fully saturated rings. The van der Waals surface area contributed by atoms with E-state index in [2.05, 4.69) is 21.0 Å². The lowest BCUT2D eigenvalue weighted by atomic mass is 10.1. The summed E-state index contributed by atoms with van der Waals surface area (Å²) in [5.74, 6) is 0.767. The van der Waals surface area contributed by atoms with Crippen LogP contribution >= 0.6 is 0 Å². The molecular formula is C20H17N5O. The van der Waals surface area contributed by atoms with Gasteiger partial charge in [-0.2, -0.15) is 0 Å². The summed E-state index contributed by atoms with van der Waals surface area (Å²) >= 11 is 0. The maximum Gasteiger partial charge on any atom is 0.165 e. The lowest BCUT2D eigenvalue weighted by molar-refractivity contribution is 0.476. The molecule has 26 heavy (non-hydrogen) atoms. The molecule has 0 radical (unpaired) electrons. The van der Waals surface area contributed by atoms with Crippen molar-refractivity contribution >= 4 is 5.82 Å². The third-order valence-corrected chi connectivity index (χ3v) is 4.14. The Labute approximate surface area is 150 Å². The molecule has 4 rings (SSSR count). The fourth-order valence-electron chi connectivity index (χ4n) is 2.83. The topological polar surface area (TPSA) is 101 Å². The first-order valence-electron chi connectivity index (χ1n) is 8.14. The van der Waals surface area contributed by atoms with E-state index in [0.717, 1.165) is 28.2 Å². The van der Waals surface area contributed by atoms with E-state index in [9.17, 15) is 5.11 Å². The standard InChI is InChI=1S/C20H17N5O/c1-12-3-2-4-14(9-12)20-24-17(13-5-7-22-8-6-13)18(25-20)15-10-16(26)19(21)23-11-15/h2-11,26H,1H3,(H2,21,23)(H,24,25). The first-order valence-corrected chi connectivity index (χ1v) is 8.14. The second-order valence-corrected chi connectivity index (χ2v) is 6.04. The monoisotopic (exact) mass is 343 g/mol. The van der Waals surface area contributed by atoms with Crippen molar-refractivity contribution in [3.8, 4) is 39.7 Å². The largest absolute Gasteiger partial charge is 0.504 e. The molecular weight excluding hydrogens is 326 g/mol. The molecule has 0 saturated heterocycles. The number of nitrogens with zero attached hydrogens (tertiary/aromatic N) is 3. The Morgan fingerprint density at radius 3 is 2.54 bits per heavy atom. The molecule has 0 aliphatic heterocycles. The van der Waals surface area contributed by atoms with Gasteiger partial charge < -0.3 is 15.8 Å². The van der Waals surface area contributed by atoms with Gasteiger partial charge in [-0.05, 0) is 31.2 Å². The predicted molar refractivity (Wildman–Crippen MR) is 101 cm³/mol. The Morgan fingerprint density at radius 2 is 1.81 bits per heavy atom. The van der Waals surface area contributed by atoms with Crippen LogP contribution in [0.5, 0.6) is 5.75 Å². The van der Waals surface area contributed by atoms with Gasteiger partial charge in [0.2, 0.25) is 0 Å². The Balaban J connectivity index is 1.92. The molecule has 3 heterocycles. The number of hydrogen-bond donors (Lipinski definition) is 3. The van der Waals surface area contributed by atoms with E-state index < -0.39 is 0 Å². The summed E-state index contributed by atoms with van der Waals surface area (Å²) in [5, 5.41) is 9.95. The number of anilines is 1. The van der Waals surface area contributed by atoms with Crippen molar-refractivity contribution in [1.82, 2.24) is 19.9 Å². The smallest absolute Gasteiger partial charge is 0.165 e. The fraction of sp³-hybridized carbons (Fsp3) is 0.0500. The highest BCUT2D eigenvalue weighted by atomic mass is 16.3. The highest BCUT2D eigenvalue weighted by molar-refractivity contribution is 5.81. The van der Waals surface area contributed by atoms with Gasteiger partial charge in [0.1, 0.15) is 5.82 Å². The molecule has 0 spiro atoms. The van der Waals surface area contributed by atoms with Crippen molar-refractivity contribution in [2.75, 3.05) is 5.73 Å². The number of nitrogens with one attached hydrogen (secondary N) is 1. The van der Waals surface area contributed by atoms with Crippen LogP contribution in [-0.2, 0) is 0 Å². The fourth-order valence-corrected chi connectivity index (χ4v) is 2.83. The summed E-state index contributed by atoms with van der Waals surface area (Å²) in [5.41, 5.74) is 10.9. The molecule has 0 unspecified atom stereocenters. The van der Waals surface area contributed by atoms with Gasteiger partial charge in [0, 0.05) is 35.3 Å². The molecule has 0 bridgehead atoms. The first kappa shape index (κ1) is 15.8. The summed E-state index contributed by atoms with van der Waals surface area (Å²) in [6, 6.07) is 13.5. The van der Waals surface area contributed by atoms with E-state index >= 15 is 0 Å². The van der Waals surface area contributed by atoms with E-state index in [1.165, 1.54) is 0 Å². The van der Waals surface area contributed by atoms with Crippen LogP contribution in [0.3, 0.4) is 0 Å². The molecule has 0 aliphatic carbocycles. The lowest BCUT2D eigenvalue weighted by Crippen LogP contribution is -1.92. The Bertz CT molecular complexity index is 1070. The number of rotatable bonds is 3. The number of aromatic amines is 1. The summed E-state index contributed by atoms with van der Waals surface area (Å²) in [6.07, 6.45) is 5.06. The van der Waals surface area contributed by atoms with Crippen molar-refractivity contribution in [1.29, 1.82) is 0 Å². The predicted octanol–water partition coefficient (Wildman–Crippen LogP) is 3.80. The van der Waals surface area contributed by atoms with Gasteiger partial charge >= 0.3 is 0 Å². The number of aromatic hydroxyl groups is 1. The molecule has 6 heteroatoms. The number of pyridine rings is 2. The van der Waals surface area contributed by atoms with Crippen LogP contribution in [0.1, 0.15) is 5.56 Å². The van der Waals surface area contributed by atoms with Crippen LogP contribution in [0, 0.1) is 6.92 Å². The Kier molecular flexibility index (Phi) is 3.85. The van der Waals surface area contributed by atoms with Crippen LogP contribution < -0.4 is 5.73 Å². The van der Waals surface area contributed by atoms with E-state index in [1.807, 2.05) is 37.3 Å². The van der Waals surface area contributed by atoms with Crippen LogP contribution in [0.4, 0.5) is 5.82 Å². The number of benzene rings is 1. The zero-order valence-electron chi connectivity index (χ0n) is 14.1. The van der Waals surface area contributed by atoms with Gasteiger partial charge in [-0.3, -0.25) is 4.98 Å². The van der Waals surface area contributed by atoms with Crippen molar-refractivity contribution in [3.05, 3.63) is 66.6 Å². The molecule has 4 aromatic rings. The van der Waals surface area contributed by atoms with Crippen molar-refractivity contribution in [2.24, 2.45) is 0 Å². The molecule has 0 amide bonds. The Hall–Kier alpha value is -3.67. The van der Waals surface area contributed by atoms with E-state index in [1.54, 1.807) is 24.7 Å². The second kappa shape index (κ2) is 6.33. The third kappa shape index (κ3) is 2.88. The number of H-pyrrole nitrogens is 1. The highest BCUT2D eigenvalue weighted by Crippen LogP contribution is 2.34. The van der Waals surface area contributed by atoms with Crippen molar-refractivity contribution < 1.29 is 5.11 Å². The minimum atomic E-state index is -0.0664. The van der Waals surface area contributed by atoms with Crippen LogP contribution in [0.2, 0.25) is 0 Å². The highest BCUT2D eigenvalue weighted by Gasteiger charge is 2.16. The van der Waals surface area contributed by atoms with E-state index in [-0.39, 0.29) is 11.6 Å². The first-order chi connectivity index (χ1) is 12.6. The van der Waals surface area contributed by atoms with Gasteiger partial charge in [0.25, 0.3) is 0 Å². The van der Waals surface area contributed by atoms with Gasteiger partial charge in [-0.1, -0.05) is 23.8 Å². The molecule has 128 valence electrons. The normalized spacial score (nSPS) is 10.8. The summed E-state index contributed by atoms with van der Waals surface area (Å²) < 4.78 is 0. The lowest BCUT2D eigenvalue weighted by Gasteiger charge is -2.04. The minimum Gasteiger partial charge on any atom is -0.504 e. The molecule has 1 aromatic carbocycles. The van der Waals surface area contributed by atoms with Gasteiger partial charge in [-0.25, -0.2) is 9.97 Å². The molecule has 3 aromatic heterocycles. The van der Waals surface area contributed by atoms with Crippen LogP contribution in [0.15, 0.2) is 61.1 Å². The number of hydrogen-bond acceptors (Lipinski definition) is 5. The van der Waals surface area contributed by atoms with E-state index in [0.29, 0.717) is 11.3 Å². The van der Waals surface area contributed by atoms with Crippen LogP contribution in [-0.4, -0.2) is 25.0 Å². The van der Waals surface area contributed by atoms with Gasteiger partial charge in [-0.15, -0.1) is 0 Å².